The number of aromatic amines is 1. The Bertz CT molecular complexity index is 1180. The first-order valence-corrected chi connectivity index (χ1v) is 13.5. The van der Waals surface area contributed by atoms with Gasteiger partial charge in [0.2, 0.25) is 0 Å². The van der Waals surface area contributed by atoms with Crippen molar-refractivity contribution < 1.29 is 4.74 Å². The second-order valence-corrected chi connectivity index (χ2v) is 10.1. The Kier molecular flexibility index (Phi) is 7.46. The molecule has 2 saturated carbocycles. The van der Waals surface area contributed by atoms with Crippen LogP contribution in [0.2, 0.25) is 0 Å². The van der Waals surface area contributed by atoms with Gasteiger partial charge in [0.05, 0.1) is 18.7 Å². The van der Waals surface area contributed by atoms with Crippen molar-refractivity contribution in [3.8, 4) is 5.75 Å². The monoisotopic (exact) mass is 478 g/mol. The van der Waals surface area contributed by atoms with Crippen LogP contribution in [0, 0.1) is 0 Å². The standard InChI is InChI=1S/C27H38N6O2/c1-3-9-25(26-29-30-31-33(26)22-12-7-8-13-22)32(21-10-5-6-11-21)18-20-16-19-17-23(35-4-2)14-15-24(19)28-27(20)34/h14-17,21-22,25H,3-13,18H2,1-2H3,(H,28,34)/t25-/m1/s1. The van der Waals surface area contributed by atoms with E-state index in [-0.39, 0.29) is 11.6 Å². The molecule has 0 aliphatic heterocycles. The molecule has 8 nitrogen and oxygen atoms in total. The number of hydrogen-bond acceptors (Lipinski definition) is 6. The fraction of sp³-hybridized carbons (Fsp3) is 0.630. The number of aromatic nitrogens is 5. The molecule has 2 aliphatic rings. The zero-order chi connectivity index (χ0) is 24.2. The molecule has 8 heteroatoms. The summed E-state index contributed by atoms with van der Waals surface area (Å²) in [7, 11) is 0. The van der Waals surface area contributed by atoms with Gasteiger partial charge < -0.3 is 9.72 Å². The van der Waals surface area contributed by atoms with Gasteiger partial charge in [-0.15, -0.1) is 5.10 Å². The van der Waals surface area contributed by atoms with Gasteiger partial charge in [0.1, 0.15) is 5.75 Å². The van der Waals surface area contributed by atoms with E-state index in [9.17, 15) is 4.79 Å². The normalized spacial score (nSPS) is 18.1. The van der Waals surface area contributed by atoms with Crippen molar-refractivity contribution >= 4 is 10.9 Å². The molecule has 2 aromatic heterocycles. The molecule has 1 aromatic carbocycles. The van der Waals surface area contributed by atoms with Crippen molar-refractivity contribution in [3.05, 3.63) is 46.0 Å². The molecule has 5 rings (SSSR count). The third kappa shape index (κ3) is 5.13. The molecule has 2 aliphatic carbocycles. The van der Waals surface area contributed by atoms with Crippen LogP contribution in [-0.2, 0) is 6.54 Å². The van der Waals surface area contributed by atoms with Crippen LogP contribution in [0.15, 0.2) is 29.1 Å². The molecule has 1 N–H and O–H groups in total. The Balaban J connectivity index is 1.52. The summed E-state index contributed by atoms with van der Waals surface area (Å²) >= 11 is 0. The van der Waals surface area contributed by atoms with E-state index in [0.717, 1.165) is 66.6 Å². The number of fused-ring (bicyclic) bond motifs is 1. The largest absolute Gasteiger partial charge is 0.494 e. The zero-order valence-corrected chi connectivity index (χ0v) is 21.1. The van der Waals surface area contributed by atoms with Crippen molar-refractivity contribution in [3.63, 3.8) is 0 Å². The molecule has 188 valence electrons. The lowest BCUT2D eigenvalue weighted by Gasteiger charge is -2.36. The van der Waals surface area contributed by atoms with E-state index >= 15 is 0 Å². The molecule has 2 heterocycles. The summed E-state index contributed by atoms with van der Waals surface area (Å²) < 4.78 is 7.81. The van der Waals surface area contributed by atoms with Crippen LogP contribution in [0.4, 0.5) is 0 Å². The minimum absolute atomic E-state index is 0.0182. The van der Waals surface area contributed by atoms with E-state index in [2.05, 4.69) is 37.0 Å². The number of pyridine rings is 1. The van der Waals surface area contributed by atoms with Gasteiger partial charge in [-0.3, -0.25) is 9.69 Å². The molecule has 35 heavy (non-hydrogen) atoms. The van der Waals surface area contributed by atoms with Gasteiger partial charge in [-0.2, -0.15) is 0 Å². The molecule has 0 amide bonds. The summed E-state index contributed by atoms with van der Waals surface area (Å²) in [6.07, 6.45) is 11.6. The van der Waals surface area contributed by atoms with Gasteiger partial charge in [0, 0.05) is 29.1 Å². The van der Waals surface area contributed by atoms with Gasteiger partial charge in [-0.1, -0.05) is 39.0 Å². The Morgan fingerprint density at radius 2 is 1.89 bits per heavy atom. The van der Waals surface area contributed by atoms with Crippen LogP contribution in [0.5, 0.6) is 5.75 Å². The van der Waals surface area contributed by atoms with E-state index in [1.165, 1.54) is 25.7 Å². The second kappa shape index (κ2) is 10.9. The van der Waals surface area contributed by atoms with Crippen molar-refractivity contribution in [2.24, 2.45) is 0 Å². The highest BCUT2D eigenvalue weighted by molar-refractivity contribution is 5.80. The van der Waals surface area contributed by atoms with Crippen LogP contribution in [0.3, 0.4) is 0 Å². The highest BCUT2D eigenvalue weighted by Crippen LogP contribution is 2.37. The molecule has 0 unspecified atom stereocenters. The van der Waals surface area contributed by atoms with Gasteiger partial charge in [0.25, 0.3) is 5.56 Å². The van der Waals surface area contributed by atoms with Gasteiger partial charge in [-0.05, 0) is 73.7 Å². The van der Waals surface area contributed by atoms with Crippen LogP contribution in [-0.4, -0.2) is 42.7 Å². The summed E-state index contributed by atoms with van der Waals surface area (Å²) in [6.45, 7) is 5.42. The van der Waals surface area contributed by atoms with Crippen molar-refractivity contribution in [1.29, 1.82) is 0 Å². The third-order valence-electron chi connectivity index (χ3n) is 7.80. The number of ether oxygens (including phenoxy) is 1. The van der Waals surface area contributed by atoms with Crippen LogP contribution >= 0.6 is 0 Å². The second-order valence-electron chi connectivity index (χ2n) is 10.1. The molecular weight excluding hydrogens is 440 g/mol. The first-order valence-electron chi connectivity index (χ1n) is 13.5. The number of tetrazole rings is 1. The lowest BCUT2D eigenvalue weighted by Crippen LogP contribution is -2.39. The highest BCUT2D eigenvalue weighted by atomic mass is 16.5. The zero-order valence-electron chi connectivity index (χ0n) is 21.1. The van der Waals surface area contributed by atoms with Crippen LogP contribution in [0.1, 0.15) is 102 Å². The molecule has 0 saturated heterocycles. The number of benzene rings is 1. The lowest BCUT2D eigenvalue weighted by atomic mass is 10.0. The average Bonchev–Trinajstić information content (AvgIpc) is 3.64. The molecule has 1 atom stereocenters. The SMILES string of the molecule is CCC[C@H](c1nnnn1C1CCCC1)N(Cc1cc2cc(OCC)ccc2[nH]c1=O)C1CCCC1. The van der Waals surface area contributed by atoms with Crippen molar-refractivity contribution in [2.45, 2.75) is 103 Å². The Hall–Kier alpha value is -2.74. The van der Waals surface area contributed by atoms with Crippen molar-refractivity contribution in [1.82, 2.24) is 30.1 Å². The van der Waals surface area contributed by atoms with E-state index in [1.807, 2.05) is 31.2 Å². The van der Waals surface area contributed by atoms with Gasteiger partial charge in [-0.25, -0.2) is 4.68 Å². The number of nitrogens with zero attached hydrogens (tertiary/aromatic N) is 5. The maximum absolute atomic E-state index is 13.2. The minimum atomic E-state index is -0.0182. The summed E-state index contributed by atoms with van der Waals surface area (Å²) in [4.78, 5) is 18.8. The highest BCUT2D eigenvalue weighted by Gasteiger charge is 2.34. The molecule has 3 aromatic rings. The summed E-state index contributed by atoms with van der Waals surface area (Å²) in [5.41, 5.74) is 1.61. The Morgan fingerprint density at radius 3 is 2.63 bits per heavy atom. The van der Waals surface area contributed by atoms with E-state index in [4.69, 9.17) is 4.74 Å². The Morgan fingerprint density at radius 1 is 1.11 bits per heavy atom. The first kappa shape index (κ1) is 24.0. The number of H-pyrrole nitrogens is 1. The van der Waals surface area contributed by atoms with Crippen molar-refractivity contribution in [2.75, 3.05) is 6.61 Å². The fourth-order valence-electron chi connectivity index (χ4n) is 6.08. The fourth-order valence-corrected chi connectivity index (χ4v) is 6.08. The topological polar surface area (TPSA) is 88.9 Å². The molecular formula is C27H38N6O2. The summed E-state index contributed by atoms with van der Waals surface area (Å²) in [5, 5.41) is 14.2. The quantitative estimate of drug-likeness (QED) is 0.425. The molecule has 0 bridgehead atoms. The van der Waals surface area contributed by atoms with E-state index in [0.29, 0.717) is 25.2 Å². The van der Waals surface area contributed by atoms with Crippen LogP contribution in [0.25, 0.3) is 10.9 Å². The maximum atomic E-state index is 13.2. The number of hydrogen-bond donors (Lipinski definition) is 1. The maximum Gasteiger partial charge on any atom is 0.252 e. The average molecular weight is 479 g/mol. The van der Waals surface area contributed by atoms with Crippen LogP contribution < -0.4 is 10.3 Å². The van der Waals surface area contributed by atoms with Gasteiger partial charge in [0.15, 0.2) is 5.82 Å². The lowest BCUT2D eigenvalue weighted by molar-refractivity contribution is 0.106. The van der Waals surface area contributed by atoms with Gasteiger partial charge >= 0.3 is 0 Å². The van der Waals surface area contributed by atoms with E-state index < -0.39 is 0 Å². The predicted molar refractivity (Wildman–Crippen MR) is 137 cm³/mol. The predicted octanol–water partition coefficient (Wildman–Crippen LogP) is 5.31. The third-order valence-corrected chi connectivity index (χ3v) is 7.80. The number of nitrogens with one attached hydrogen (secondary N) is 1. The molecule has 0 spiro atoms. The molecule has 2 fully saturated rings. The number of rotatable bonds is 10. The summed E-state index contributed by atoms with van der Waals surface area (Å²) in [6, 6.07) is 8.83. The smallest absolute Gasteiger partial charge is 0.252 e. The van der Waals surface area contributed by atoms with E-state index in [1.54, 1.807) is 0 Å². The summed E-state index contributed by atoms with van der Waals surface area (Å²) in [5.74, 6) is 1.80. The molecule has 0 radical (unpaired) electrons. The Labute approximate surface area is 207 Å². The minimum Gasteiger partial charge on any atom is -0.494 e. The first-order chi connectivity index (χ1) is 17.2.